The maximum Gasteiger partial charge on any atom is 0.302 e. The molecule has 0 bridgehead atoms. The number of epoxide rings is 2. The summed E-state index contributed by atoms with van der Waals surface area (Å²) in [7, 11) is 0. The fourth-order valence-corrected chi connectivity index (χ4v) is 8.43. The van der Waals surface area contributed by atoms with E-state index in [-0.39, 0.29) is 29.4 Å². The molecular weight excluding hydrogens is 412 g/mol. The van der Waals surface area contributed by atoms with Crippen molar-refractivity contribution < 1.29 is 19.0 Å². The first-order valence-corrected chi connectivity index (χ1v) is 13.9. The SMILES string of the molecule is CC(=O)O[C@H]1CC[C@@]2(CO2)/C(=C\[C@H]2O[C@@]23CCC[C@]2(C)[C@@H]([C@H](C)CCCC(C)C)CC[C@H]23)C1. The first kappa shape index (κ1) is 23.9. The van der Waals surface area contributed by atoms with Crippen LogP contribution in [0.5, 0.6) is 0 Å². The van der Waals surface area contributed by atoms with Crippen LogP contribution in [0.3, 0.4) is 0 Å². The van der Waals surface area contributed by atoms with Crippen molar-refractivity contribution >= 4 is 5.97 Å². The molecule has 0 aromatic rings. The number of rotatable bonds is 7. The Kier molecular flexibility index (Phi) is 6.26. The number of hydrogen-bond donors (Lipinski definition) is 0. The van der Waals surface area contributed by atoms with E-state index in [2.05, 4.69) is 33.8 Å². The van der Waals surface area contributed by atoms with E-state index in [0.717, 1.165) is 43.6 Å². The van der Waals surface area contributed by atoms with Gasteiger partial charge in [-0.05, 0) is 79.6 Å². The van der Waals surface area contributed by atoms with E-state index in [9.17, 15) is 4.79 Å². The summed E-state index contributed by atoms with van der Waals surface area (Å²) < 4.78 is 18.2. The maximum atomic E-state index is 11.5. The van der Waals surface area contributed by atoms with Crippen molar-refractivity contribution in [3.63, 3.8) is 0 Å². The van der Waals surface area contributed by atoms with Crippen LogP contribution in [-0.2, 0) is 19.0 Å². The molecule has 186 valence electrons. The Morgan fingerprint density at radius 1 is 1.15 bits per heavy atom. The lowest BCUT2D eigenvalue weighted by Crippen LogP contribution is -2.44. The Balaban J connectivity index is 1.28. The van der Waals surface area contributed by atoms with E-state index in [1.807, 2.05) is 0 Å². The van der Waals surface area contributed by atoms with Gasteiger partial charge in [-0.1, -0.05) is 53.0 Å². The standard InChI is InChI=1S/C29H46O4/c1-19(2)8-6-9-20(3)24-10-11-25-27(24,5)13-7-14-29(25)26(33-29)17-22-16-23(32-21(4)30)12-15-28(22)18-31-28/h17,19-20,23-26H,6-16,18H2,1-5H3/b22-17-/t20-,23+,24-,25-,26-,27-,28-,29-/m1/s1. The van der Waals surface area contributed by atoms with Gasteiger partial charge in [0.2, 0.25) is 0 Å². The van der Waals surface area contributed by atoms with Crippen LogP contribution in [0.2, 0.25) is 0 Å². The molecule has 2 saturated heterocycles. The molecule has 33 heavy (non-hydrogen) atoms. The largest absolute Gasteiger partial charge is 0.462 e. The van der Waals surface area contributed by atoms with Gasteiger partial charge < -0.3 is 14.2 Å². The Morgan fingerprint density at radius 3 is 2.64 bits per heavy atom. The molecule has 5 fully saturated rings. The lowest BCUT2D eigenvalue weighted by molar-refractivity contribution is -0.147. The quantitative estimate of drug-likeness (QED) is 0.245. The van der Waals surface area contributed by atoms with Gasteiger partial charge in [0.05, 0.1) is 6.61 Å². The Hall–Kier alpha value is -0.870. The molecule has 0 aromatic heterocycles. The first-order chi connectivity index (χ1) is 15.7. The molecule has 2 spiro atoms. The zero-order chi connectivity index (χ0) is 23.4. The second kappa shape index (κ2) is 8.66. The van der Waals surface area contributed by atoms with Gasteiger partial charge in [0, 0.05) is 13.3 Å². The summed E-state index contributed by atoms with van der Waals surface area (Å²) >= 11 is 0. The molecular formula is C29H46O4. The molecule has 5 aliphatic rings. The fourth-order valence-electron chi connectivity index (χ4n) is 8.43. The summed E-state index contributed by atoms with van der Waals surface area (Å²) in [6.45, 7) is 12.2. The summed E-state index contributed by atoms with van der Waals surface area (Å²) in [6, 6.07) is 0. The molecule has 3 aliphatic carbocycles. The molecule has 5 rings (SSSR count). The highest BCUT2D eigenvalue weighted by molar-refractivity contribution is 5.66. The van der Waals surface area contributed by atoms with E-state index in [4.69, 9.17) is 14.2 Å². The van der Waals surface area contributed by atoms with Crippen molar-refractivity contribution in [3.8, 4) is 0 Å². The average Bonchev–Trinajstić information content (AvgIpc) is 3.61. The molecule has 0 unspecified atom stereocenters. The molecule has 0 N–H and O–H groups in total. The summed E-state index contributed by atoms with van der Waals surface area (Å²) in [5, 5.41) is 0. The minimum Gasteiger partial charge on any atom is -0.462 e. The van der Waals surface area contributed by atoms with Crippen molar-refractivity contribution in [2.45, 2.75) is 129 Å². The van der Waals surface area contributed by atoms with Crippen LogP contribution in [0.1, 0.15) is 105 Å². The lowest BCUT2D eigenvalue weighted by Gasteiger charge is -2.46. The summed E-state index contributed by atoms with van der Waals surface area (Å²) in [5.41, 5.74) is 1.73. The van der Waals surface area contributed by atoms with Gasteiger partial charge in [-0.2, -0.15) is 0 Å². The molecule has 0 amide bonds. The average molecular weight is 459 g/mol. The predicted molar refractivity (Wildman–Crippen MR) is 130 cm³/mol. The van der Waals surface area contributed by atoms with E-state index in [0.29, 0.717) is 11.3 Å². The number of carbonyl (C=O) groups is 1. The van der Waals surface area contributed by atoms with Crippen LogP contribution >= 0.6 is 0 Å². The van der Waals surface area contributed by atoms with Gasteiger partial charge in [-0.15, -0.1) is 0 Å². The lowest BCUT2D eigenvalue weighted by atomic mass is 9.58. The smallest absolute Gasteiger partial charge is 0.302 e. The predicted octanol–water partition coefficient (Wildman–Crippen LogP) is 6.61. The van der Waals surface area contributed by atoms with Crippen LogP contribution < -0.4 is 0 Å². The van der Waals surface area contributed by atoms with Crippen LogP contribution in [0.25, 0.3) is 0 Å². The van der Waals surface area contributed by atoms with Gasteiger partial charge in [-0.25, -0.2) is 0 Å². The molecule has 2 heterocycles. The first-order valence-electron chi connectivity index (χ1n) is 13.9. The molecule has 3 saturated carbocycles. The minimum absolute atomic E-state index is 0.00236. The van der Waals surface area contributed by atoms with Crippen LogP contribution in [0, 0.1) is 29.1 Å². The maximum absolute atomic E-state index is 11.5. The van der Waals surface area contributed by atoms with Crippen molar-refractivity contribution in [2.24, 2.45) is 29.1 Å². The Bertz CT molecular complexity index is 782. The fraction of sp³-hybridized carbons (Fsp3) is 0.897. The molecule has 8 atom stereocenters. The normalized spacial score (nSPS) is 46.1. The van der Waals surface area contributed by atoms with Gasteiger partial charge in [0.15, 0.2) is 0 Å². The molecule has 0 radical (unpaired) electrons. The van der Waals surface area contributed by atoms with Gasteiger partial charge in [-0.3, -0.25) is 4.79 Å². The molecule has 0 aromatic carbocycles. The molecule has 2 aliphatic heterocycles. The van der Waals surface area contributed by atoms with Crippen molar-refractivity contribution in [2.75, 3.05) is 6.61 Å². The topological polar surface area (TPSA) is 51.4 Å². The monoisotopic (exact) mass is 458 g/mol. The summed E-state index contributed by atoms with van der Waals surface area (Å²) in [5.74, 6) is 2.98. The van der Waals surface area contributed by atoms with E-state index in [1.54, 1.807) is 0 Å². The van der Waals surface area contributed by atoms with E-state index in [1.165, 1.54) is 63.9 Å². The number of ether oxygens (including phenoxy) is 3. The van der Waals surface area contributed by atoms with Crippen LogP contribution in [0.4, 0.5) is 0 Å². The molecule has 4 heteroatoms. The van der Waals surface area contributed by atoms with Gasteiger partial charge in [0.25, 0.3) is 0 Å². The van der Waals surface area contributed by atoms with Crippen LogP contribution in [0.15, 0.2) is 11.6 Å². The van der Waals surface area contributed by atoms with Gasteiger partial charge in [0.1, 0.15) is 23.4 Å². The second-order valence-corrected chi connectivity index (χ2v) is 12.8. The second-order valence-electron chi connectivity index (χ2n) is 12.8. The highest BCUT2D eigenvalue weighted by Gasteiger charge is 2.69. The third-order valence-electron chi connectivity index (χ3n) is 10.3. The third kappa shape index (κ3) is 4.33. The molecule has 4 nitrogen and oxygen atoms in total. The summed E-state index contributed by atoms with van der Waals surface area (Å²) in [6.07, 6.45) is 16.0. The number of hydrogen-bond acceptors (Lipinski definition) is 4. The van der Waals surface area contributed by atoms with E-state index < -0.39 is 0 Å². The van der Waals surface area contributed by atoms with Crippen molar-refractivity contribution in [1.82, 2.24) is 0 Å². The highest BCUT2D eigenvalue weighted by Crippen LogP contribution is 2.68. The number of esters is 1. The third-order valence-corrected chi connectivity index (χ3v) is 10.3. The Morgan fingerprint density at radius 2 is 1.94 bits per heavy atom. The Labute approximate surface area is 201 Å². The zero-order valence-electron chi connectivity index (χ0n) is 21.7. The van der Waals surface area contributed by atoms with Crippen molar-refractivity contribution in [1.29, 1.82) is 0 Å². The van der Waals surface area contributed by atoms with Crippen molar-refractivity contribution in [3.05, 3.63) is 11.6 Å². The van der Waals surface area contributed by atoms with Gasteiger partial charge >= 0.3 is 5.97 Å². The highest BCUT2D eigenvalue weighted by atomic mass is 16.6. The minimum atomic E-state index is -0.172. The number of fused-ring (bicyclic) bond motifs is 2. The summed E-state index contributed by atoms with van der Waals surface area (Å²) in [4.78, 5) is 11.5. The number of carbonyl (C=O) groups excluding carboxylic acids is 1. The zero-order valence-corrected chi connectivity index (χ0v) is 21.7. The van der Waals surface area contributed by atoms with Crippen LogP contribution in [-0.4, -0.2) is 36.0 Å². The van der Waals surface area contributed by atoms with E-state index >= 15 is 0 Å².